The van der Waals surface area contributed by atoms with Crippen molar-refractivity contribution in [1.29, 1.82) is 0 Å². The van der Waals surface area contributed by atoms with Crippen LogP contribution in [0.5, 0.6) is 5.75 Å². The Kier molecular flexibility index (Phi) is 5.01. The van der Waals surface area contributed by atoms with Crippen molar-refractivity contribution in [3.05, 3.63) is 47.2 Å². The number of rotatable bonds is 6. The topological polar surface area (TPSA) is 56.1 Å². The summed E-state index contributed by atoms with van der Waals surface area (Å²) in [6.07, 6.45) is 4.42. The van der Waals surface area contributed by atoms with Crippen LogP contribution in [0, 0.1) is 0 Å². The average Bonchev–Trinajstić information content (AvgIpc) is 2.96. The lowest BCUT2D eigenvalue weighted by Gasteiger charge is -2.09. The smallest absolute Gasteiger partial charge is 0.255 e. The van der Waals surface area contributed by atoms with Gasteiger partial charge in [0, 0.05) is 30.5 Å². The second-order valence-electron chi connectivity index (χ2n) is 4.22. The third-order valence-electron chi connectivity index (χ3n) is 2.81. The Labute approximate surface area is 122 Å². The highest BCUT2D eigenvalue weighted by molar-refractivity contribution is 6.31. The molecular weight excluding hydrogens is 278 g/mol. The minimum atomic E-state index is -0.190. The normalized spacial score (nSPS) is 10.3. The first-order chi connectivity index (χ1) is 9.70. The monoisotopic (exact) mass is 293 g/mol. The van der Waals surface area contributed by atoms with E-state index >= 15 is 0 Å². The van der Waals surface area contributed by atoms with Gasteiger partial charge in [-0.25, -0.2) is 0 Å². The Morgan fingerprint density at radius 1 is 1.50 bits per heavy atom. The first-order valence-corrected chi connectivity index (χ1v) is 6.67. The Morgan fingerprint density at radius 2 is 2.35 bits per heavy atom. The van der Waals surface area contributed by atoms with E-state index < -0.39 is 0 Å². The number of amides is 1. The number of carbonyl (C=O) groups excluding carboxylic acids is 1. The summed E-state index contributed by atoms with van der Waals surface area (Å²) in [5.41, 5.74) is 0.444. The number of carbonyl (C=O) groups is 1. The zero-order chi connectivity index (χ0) is 14.4. The number of halogens is 1. The highest BCUT2D eigenvalue weighted by Crippen LogP contribution is 2.22. The molecule has 0 unspecified atom stereocenters. The van der Waals surface area contributed by atoms with Crippen molar-refractivity contribution in [2.75, 3.05) is 13.7 Å². The van der Waals surface area contributed by atoms with Gasteiger partial charge in [0.05, 0.1) is 12.7 Å². The number of aryl methyl sites for hydroxylation is 1. The van der Waals surface area contributed by atoms with Gasteiger partial charge in [-0.05, 0) is 30.7 Å². The molecule has 1 aromatic heterocycles. The molecule has 0 atom stereocenters. The van der Waals surface area contributed by atoms with Crippen molar-refractivity contribution in [2.45, 2.75) is 13.0 Å². The zero-order valence-electron chi connectivity index (χ0n) is 11.2. The molecule has 106 valence electrons. The summed E-state index contributed by atoms with van der Waals surface area (Å²) >= 11 is 5.90. The maximum Gasteiger partial charge on any atom is 0.255 e. The molecule has 0 aliphatic carbocycles. The molecule has 0 fully saturated rings. The van der Waals surface area contributed by atoms with Crippen LogP contribution in [-0.2, 0) is 6.54 Å². The van der Waals surface area contributed by atoms with E-state index in [1.807, 2.05) is 16.9 Å². The highest BCUT2D eigenvalue weighted by atomic mass is 35.5. The summed E-state index contributed by atoms with van der Waals surface area (Å²) in [7, 11) is 1.53. The van der Waals surface area contributed by atoms with Crippen LogP contribution in [0.3, 0.4) is 0 Å². The van der Waals surface area contributed by atoms with E-state index in [9.17, 15) is 4.79 Å². The predicted molar refractivity (Wildman–Crippen MR) is 77.2 cm³/mol. The van der Waals surface area contributed by atoms with Gasteiger partial charge in [0.15, 0.2) is 0 Å². The van der Waals surface area contributed by atoms with Crippen LogP contribution in [0.4, 0.5) is 0 Å². The molecule has 1 aromatic carbocycles. The van der Waals surface area contributed by atoms with Gasteiger partial charge in [0.1, 0.15) is 5.75 Å². The van der Waals surface area contributed by atoms with E-state index in [2.05, 4.69) is 10.4 Å². The SMILES string of the molecule is COc1ccc(Cl)cc1C(=O)NCCCn1cccn1. The van der Waals surface area contributed by atoms with Crippen molar-refractivity contribution in [3.8, 4) is 5.75 Å². The maximum absolute atomic E-state index is 12.1. The third kappa shape index (κ3) is 3.74. The number of ether oxygens (including phenoxy) is 1. The first-order valence-electron chi connectivity index (χ1n) is 6.30. The van der Waals surface area contributed by atoms with Crippen molar-refractivity contribution >= 4 is 17.5 Å². The van der Waals surface area contributed by atoms with Gasteiger partial charge in [0.25, 0.3) is 5.91 Å². The number of hydrogen-bond donors (Lipinski definition) is 1. The third-order valence-corrected chi connectivity index (χ3v) is 3.05. The van der Waals surface area contributed by atoms with Gasteiger partial charge >= 0.3 is 0 Å². The molecule has 0 spiro atoms. The Hall–Kier alpha value is -2.01. The zero-order valence-corrected chi connectivity index (χ0v) is 11.9. The average molecular weight is 294 g/mol. The van der Waals surface area contributed by atoms with Crippen molar-refractivity contribution in [3.63, 3.8) is 0 Å². The summed E-state index contributed by atoms with van der Waals surface area (Å²) in [5, 5.41) is 7.45. The molecule has 1 amide bonds. The van der Waals surface area contributed by atoms with E-state index in [0.717, 1.165) is 13.0 Å². The van der Waals surface area contributed by atoms with Gasteiger partial charge in [-0.1, -0.05) is 11.6 Å². The lowest BCUT2D eigenvalue weighted by Crippen LogP contribution is -2.25. The minimum absolute atomic E-state index is 0.190. The van der Waals surface area contributed by atoms with E-state index in [0.29, 0.717) is 22.9 Å². The molecule has 0 radical (unpaired) electrons. The highest BCUT2D eigenvalue weighted by Gasteiger charge is 2.12. The molecule has 0 bridgehead atoms. The van der Waals surface area contributed by atoms with Crippen molar-refractivity contribution in [2.24, 2.45) is 0 Å². The Bertz CT molecular complexity index is 570. The van der Waals surface area contributed by atoms with Crippen molar-refractivity contribution < 1.29 is 9.53 Å². The van der Waals surface area contributed by atoms with E-state index in [4.69, 9.17) is 16.3 Å². The standard InChI is InChI=1S/C14H16ClN3O2/c1-20-13-5-4-11(15)10-12(13)14(19)16-6-2-8-18-9-3-7-17-18/h3-5,7,9-10H,2,6,8H2,1H3,(H,16,19). The van der Waals surface area contributed by atoms with Gasteiger partial charge in [-0.15, -0.1) is 0 Å². The fraction of sp³-hybridized carbons (Fsp3) is 0.286. The maximum atomic E-state index is 12.1. The molecule has 2 aromatic rings. The molecule has 0 saturated carbocycles. The van der Waals surface area contributed by atoms with E-state index in [1.54, 1.807) is 24.4 Å². The molecule has 0 aliphatic heterocycles. The predicted octanol–water partition coefficient (Wildman–Crippen LogP) is 2.37. The summed E-state index contributed by atoms with van der Waals surface area (Å²) in [4.78, 5) is 12.1. The van der Waals surface area contributed by atoms with Crippen molar-refractivity contribution in [1.82, 2.24) is 15.1 Å². The van der Waals surface area contributed by atoms with Crippen LogP contribution in [0.1, 0.15) is 16.8 Å². The van der Waals surface area contributed by atoms with Crippen LogP contribution in [0.15, 0.2) is 36.7 Å². The second kappa shape index (κ2) is 6.96. The lowest BCUT2D eigenvalue weighted by molar-refractivity contribution is 0.0949. The molecule has 1 N–H and O–H groups in total. The molecule has 6 heteroatoms. The fourth-order valence-corrected chi connectivity index (χ4v) is 2.00. The molecule has 0 saturated heterocycles. The molecule has 20 heavy (non-hydrogen) atoms. The first kappa shape index (κ1) is 14.4. The number of nitrogens with zero attached hydrogens (tertiary/aromatic N) is 2. The molecule has 2 rings (SSSR count). The van der Waals surface area contributed by atoms with Crippen LogP contribution in [-0.4, -0.2) is 29.3 Å². The lowest BCUT2D eigenvalue weighted by atomic mass is 10.2. The largest absolute Gasteiger partial charge is 0.496 e. The summed E-state index contributed by atoms with van der Waals surface area (Å²) in [6, 6.07) is 6.84. The van der Waals surface area contributed by atoms with Gasteiger partial charge in [-0.3, -0.25) is 9.48 Å². The van der Waals surface area contributed by atoms with Gasteiger partial charge in [-0.2, -0.15) is 5.10 Å². The molecule has 5 nitrogen and oxygen atoms in total. The second-order valence-corrected chi connectivity index (χ2v) is 4.66. The minimum Gasteiger partial charge on any atom is -0.496 e. The van der Waals surface area contributed by atoms with E-state index in [-0.39, 0.29) is 5.91 Å². The number of benzene rings is 1. The summed E-state index contributed by atoms with van der Waals surface area (Å²) in [5.74, 6) is 0.323. The van der Waals surface area contributed by atoms with Crippen LogP contribution in [0.25, 0.3) is 0 Å². The number of hydrogen-bond acceptors (Lipinski definition) is 3. The Morgan fingerprint density at radius 3 is 3.05 bits per heavy atom. The molecule has 0 aliphatic rings. The Balaban J connectivity index is 1.87. The number of methoxy groups -OCH3 is 1. The van der Waals surface area contributed by atoms with Crippen LogP contribution >= 0.6 is 11.6 Å². The summed E-state index contributed by atoms with van der Waals surface area (Å²) < 4.78 is 6.98. The van der Waals surface area contributed by atoms with Crippen LogP contribution < -0.4 is 10.1 Å². The van der Waals surface area contributed by atoms with E-state index in [1.165, 1.54) is 7.11 Å². The fourth-order valence-electron chi connectivity index (χ4n) is 1.83. The molecular formula is C14H16ClN3O2. The summed E-state index contributed by atoms with van der Waals surface area (Å²) in [6.45, 7) is 1.33. The quantitative estimate of drug-likeness (QED) is 0.832. The van der Waals surface area contributed by atoms with Gasteiger partial charge in [0.2, 0.25) is 0 Å². The number of aromatic nitrogens is 2. The molecule has 1 heterocycles. The van der Waals surface area contributed by atoms with Gasteiger partial charge < -0.3 is 10.1 Å². The van der Waals surface area contributed by atoms with Crippen LogP contribution in [0.2, 0.25) is 5.02 Å². The number of nitrogens with one attached hydrogen (secondary N) is 1.